The molecule has 0 spiro atoms. The lowest BCUT2D eigenvalue weighted by Crippen LogP contribution is -2.13. The number of benzene rings is 2. The molecule has 1 amide bonds. The van der Waals surface area contributed by atoms with E-state index in [1.165, 1.54) is 13.3 Å². The van der Waals surface area contributed by atoms with Gasteiger partial charge in [-0.1, -0.05) is 17.7 Å². The third-order valence-electron chi connectivity index (χ3n) is 4.01. The highest BCUT2D eigenvalue weighted by atomic mass is 35.5. The van der Waals surface area contributed by atoms with Gasteiger partial charge in [0.05, 0.1) is 41.9 Å². The van der Waals surface area contributed by atoms with Crippen LogP contribution in [0.25, 0.3) is 0 Å². The van der Waals surface area contributed by atoms with Crippen molar-refractivity contribution >= 4 is 34.6 Å². The standard InChI is InChI=1S/C21H17ClN4O2/c1-13-6-19(20(28-2)9-18(13)22)26-21(27)15-8-17(12-24-11-15)25-16-5-3-4-14(7-16)10-23/h3-9,11-12,25H,1-2H3,(H,26,27). The van der Waals surface area contributed by atoms with Crippen LogP contribution in [-0.4, -0.2) is 18.0 Å². The zero-order valence-corrected chi connectivity index (χ0v) is 16.0. The number of rotatable bonds is 5. The fraction of sp³-hybridized carbons (Fsp3) is 0.0952. The van der Waals surface area contributed by atoms with Gasteiger partial charge in [-0.2, -0.15) is 5.26 Å². The van der Waals surface area contributed by atoms with E-state index in [0.717, 1.165) is 11.3 Å². The lowest BCUT2D eigenvalue weighted by Gasteiger charge is -2.13. The number of ether oxygens (including phenoxy) is 1. The Hall–Kier alpha value is -3.56. The van der Waals surface area contributed by atoms with Crippen molar-refractivity contribution in [1.29, 1.82) is 5.26 Å². The van der Waals surface area contributed by atoms with E-state index < -0.39 is 0 Å². The van der Waals surface area contributed by atoms with Gasteiger partial charge in [-0.3, -0.25) is 9.78 Å². The first-order chi connectivity index (χ1) is 13.5. The number of nitriles is 1. The molecule has 3 aromatic rings. The van der Waals surface area contributed by atoms with Gasteiger partial charge in [0, 0.05) is 23.0 Å². The van der Waals surface area contributed by atoms with Crippen LogP contribution in [0.2, 0.25) is 5.02 Å². The Morgan fingerprint density at radius 1 is 1.18 bits per heavy atom. The Labute approximate surface area is 167 Å². The Morgan fingerprint density at radius 2 is 2.00 bits per heavy atom. The summed E-state index contributed by atoms with van der Waals surface area (Å²) < 4.78 is 5.29. The Kier molecular flexibility index (Phi) is 5.78. The van der Waals surface area contributed by atoms with E-state index in [1.54, 1.807) is 42.6 Å². The minimum absolute atomic E-state index is 0.332. The van der Waals surface area contributed by atoms with Crippen LogP contribution in [0.3, 0.4) is 0 Å². The first kappa shape index (κ1) is 19.2. The summed E-state index contributed by atoms with van der Waals surface area (Å²) in [7, 11) is 1.51. The number of amides is 1. The zero-order chi connectivity index (χ0) is 20.1. The molecule has 3 rings (SSSR count). The third kappa shape index (κ3) is 4.40. The van der Waals surface area contributed by atoms with Crippen molar-refractivity contribution in [3.05, 3.63) is 76.6 Å². The Balaban J connectivity index is 1.81. The van der Waals surface area contributed by atoms with Crippen molar-refractivity contribution in [3.63, 3.8) is 0 Å². The molecule has 140 valence electrons. The van der Waals surface area contributed by atoms with E-state index >= 15 is 0 Å². The van der Waals surface area contributed by atoms with Gasteiger partial charge in [0.2, 0.25) is 0 Å². The number of carbonyl (C=O) groups excluding carboxylic acids is 1. The number of hydrogen-bond acceptors (Lipinski definition) is 5. The second kappa shape index (κ2) is 8.42. The average molecular weight is 393 g/mol. The molecule has 7 heteroatoms. The van der Waals surface area contributed by atoms with Gasteiger partial charge in [0.15, 0.2) is 0 Å². The molecule has 6 nitrogen and oxygen atoms in total. The van der Waals surface area contributed by atoms with Crippen molar-refractivity contribution in [2.45, 2.75) is 6.92 Å². The number of pyridine rings is 1. The quantitative estimate of drug-likeness (QED) is 0.643. The van der Waals surface area contributed by atoms with E-state index in [2.05, 4.69) is 21.7 Å². The van der Waals surface area contributed by atoms with Gasteiger partial charge in [0.1, 0.15) is 5.75 Å². The van der Waals surface area contributed by atoms with Gasteiger partial charge in [0.25, 0.3) is 5.91 Å². The topological polar surface area (TPSA) is 87.0 Å². The van der Waals surface area contributed by atoms with Crippen LogP contribution in [0, 0.1) is 18.3 Å². The molecule has 1 aromatic heterocycles. The summed E-state index contributed by atoms with van der Waals surface area (Å²) in [5.41, 5.74) is 3.61. The third-order valence-corrected chi connectivity index (χ3v) is 4.42. The average Bonchev–Trinajstić information content (AvgIpc) is 2.70. The van der Waals surface area contributed by atoms with Gasteiger partial charge >= 0.3 is 0 Å². The minimum atomic E-state index is -0.332. The molecule has 1 heterocycles. The molecule has 0 aliphatic rings. The van der Waals surface area contributed by atoms with Crippen LogP contribution in [0.5, 0.6) is 5.75 Å². The van der Waals surface area contributed by atoms with Crippen molar-refractivity contribution < 1.29 is 9.53 Å². The Morgan fingerprint density at radius 3 is 2.75 bits per heavy atom. The fourth-order valence-corrected chi connectivity index (χ4v) is 2.74. The number of nitrogens with one attached hydrogen (secondary N) is 2. The van der Waals surface area contributed by atoms with Gasteiger partial charge in [-0.25, -0.2) is 0 Å². The van der Waals surface area contributed by atoms with Gasteiger partial charge in [-0.05, 0) is 42.8 Å². The predicted molar refractivity (Wildman–Crippen MR) is 109 cm³/mol. The van der Waals surface area contributed by atoms with Crippen LogP contribution < -0.4 is 15.4 Å². The lowest BCUT2D eigenvalue weighted by atomic mass is 10.2. The highest BCUT2D eigenvalue weighted by Crippen LogP contribution is 2.31. The molecular weight excluding hydrogens is 376 g/mol. The second-order valence-corrected chi connectivity index (χ2v) is 6.44. The number of carbonyl (C=O) groups is 1. The number of anilines is 3. The zero-order valence-electron chi connectivity index (χ0n) is 15.3. The SMILES string of the molecule is COc1cc(Cl)c(C)cc1NC(=O)c1cncc(Nc2cccc(C#N)c2)c1. The molecule has 0 aliphatic carbocycles. The van der Waals surface area contributed by atoms with Crippen molar-refractivity contribution in [3.8, 4) is 11.8 Å². The molecule has 0 radical (unpaired) electrons. The van der Waals surface area contributed by atoms with Gasteiger partial charge < -0.3 is 15.4 Å². The van der Waals surface area contributed by atoms with Crippen molar-refractivity contribution in [1.82, 2.24) is 4.98 Å². The maximum atomic E-state index is 12.7. The van der Waals surface area contributed by atoms with Crippen LogP contribution in [0.15, 0.2) is 54.9 Å². The van der Waals surface area contributed by atoms with Crippen LogP contribution in [-0.2, 0) is 0 Å². The lowest BCUT2D eigenvalue weighted by molar-refractivity contribution is 0.102. The Bertz CT molecular complexity index is 1080. The molecule has 28 heavy (non-hydrogen) atoms. The van der Waals surface area contributed by atoms with Gasteiger partial charge in [-0.15, -0.1) is 0 Å². The van der Waals surface area contributed by atoms with Crippen LogP contribution >= 0.6 is 11.6 Å². The maximum absolute atomic E-state index is 12.7. The van der Waals surface area contributed by atoms with Crippen molar-refractivity contribution in [2.24, 2.45) is 0 Å². The van der Waals surface area contributed by atoms with Crippen LogP contribution in [0.1, 0.15) is 21.5 Å². The number of aromatic nitrogens is 1. The summed E-state index contributed by atoms with van der Waals surface area (Å²) in [5.74, 6) is 0.140. The fourth-order valence-electron chi connectivity index (χ4n) is 2.59. The number of nitrogens with zero attached hydrogens (tertiary/aromatic N) is 2. The van der Waals surface area contributed by atoms with Crippen molar-refractivity contribution in [2.75, 3.05) is 17.7 Å². The van der Waals surface area contributed by atoms with E-state index in [4.69, 9.17) is 21.6 Å². The number of halogens is 1. The molecule has 2 aromatic carbocycles. The summed E-state index contributed by atoms with van der Waals surface area (Å²) >= 11 is 6.11. The molecule has 0 atom stereocenters. The number of hydrogen-bond donors (Lipinski definition) is 2. The largest absolute Gasteiger partial charge is 0.495 e. The summed E-state index contributed by atoms with van der Waals surface area (Å²) in [6, 6.07) is 14.2. The van der Waals surface area contributed by atoms with E-state index in [1.807, 2.05) is 13.0 Å². The highest BCUT2D eigenvalue weighted by molar-refractivity contribution is 6.31. The first-order valence-corrected chi connectivity index (χ1v) is 8.75. The summed E-state index contributed by atoms with van der Waals surface area (Å²) in [4.78, 5) is 16.8. The molecular formula is C21H17ClN4O2. The first-order valence-electron chi connectivity index (χ1n) is 8.38. The van der Waals surface area contributed by atoms with E-state index in [0.29, 0.717) is 33.3 Å². The normalized spacial score (nSPS) is 10.1. The summed E-state index contributed by atoms with van der Waals surface area (Å²) in [6.07, 6.45) is 3.07. The number of aryl methyl sites for hydroxylation is 1. The molecule has 0 bridgehead atoms. The maximum Gasteiger partial charge on any atom is 0.257 e. The molecule has 0 fully saturated rings. The predicted octanol–water partition coefficient (Wildman–Crippen LogP) is 4.92. The molecule has 0 unspecified atom stereocenters. The van der Waals surface area contributed by atoms with Crippen LogP contribution in [0.4, 0.5) is 17.1 Å². The number of methoxy groups -OCH3 is 1. The molecule has 0 aliphatic heterocycles. The molecule has 0 saturated carbocycles. The van der Waals surface area contributed by atoms with E-state index in [-0.39, 0.29) is 5.91 Å². The summed E-state index contributed by atoms with van der Waals surface area (Å²) in [5, 5.41) is 15.5. The molecule has 2 N–H and O–H groups in total. The monoisotopic (exact) mass is 392 g/mol. The second-order valence-electron chi connectivity index (χ2n) is 6.04. The minimum Gasteiger partial charge on any atom is -0.495 e. The molecule has 0 saturated heterocycles. The smallest absolute Gasteiger partial charge is 0.257 e. The summed E-state index contributed by atoms with van der Waals surface area (Å²) in [6.45, 7) is 1.85. The van der Waals surface area contributed by atoms with E-state index in [9.17, 15) is 4.79 Å². The highest BCUT2D eigenvalue weighted by Gasteiger charge is 2.13.